The Morgan fingerprint density at radius 1 is 1.47 bits per heavy atom. The van der Waals surface area contributed by atoms with E-state index in [1.54, 1.807) is 0 Å². The van der Waals surface area contributed by atoms with E-state index in [1.165, 1.54) is 18.3 Å². The predicted octanol–water partition coefficient (Wildman–Crippen LogP) is 1.78. The number of likely N-dealkylation sites (tertiary alicyclic amines) is 1. The van der Waals surface area contributed by atoms with E-state index in [0.717, 1.165) is 32.6 Å². The van der Waals surface area contributed by atoms with Crippen molar-refractivity contribution in [3.63, 3.8) is 0 Å². The number of hydrogen-bond donors (Lipinski definition) is 0. The molecule has 1 unspecified atom stereocenters. The van der Waals surface area contributed by atoms with Crippen LogP contribution >= 0.6 is 0 Å². The minimum absolute atomic E-state index is 0.0536. The van der Waals surface area contributed by atoms with Gasteiger partial charge in [0, 0.05) is 25.3 Å². The van der Waals surface area contributed by atoms with E-state index >= 15 is 0 Å². The molecule has 104 valence electrons. The summed E-state index contributed by atoms with van der Waals surface area (Å²) >= 11 is 0. The average molecular weight is 265 g/mol. The summed E-state index contributed by atoms with van der Waals surface area (Å²) < 4.78 is 12.7. The Hall–Kier alpha value is -1.49. The molecule has 2 heterocycles. The maximum atomic E-state index is 12.7. The van der Waals surface area contributed by atoms with Crippen LogP contribution in [-0.4, -0.2) is 52.9 Å². The fraction of sp³-hybridized carbons (Fsp3) is 0.571. The smallest absolute Gasteiger partial charge is 0.255 e. The van der Waals surface area contributed by atoms with Crippen LogP contribution in [0.3, 0.4) is 0 Å². The predicted molar refractivity (Wildman–Crippen MR) is 71.4 cm³/mol. The lowest BCUT2D eigenvalue weighted by Crippen LogP contribution is -2.38. The zero-order valence-electron chi connectivity index (χ0n) is 11.5. The average Bonchev–Trinajstić information content (AvgIpc) is 2.90. The molecule has 1 saturated heterocycles. The van der Waals surface area contributed by atoms with Crippen LogP contribution in [0, 0.1) is 5.95 Å². The van der Waals surface area contributed by atoms with E-state index in [4.69, 9.17) is 0 Å². The minimum Gasteiger partial charge on any atom is -0.337 e. The van der Waals surface area contributed by atoms with Gasteiger partial charge in [0.1, 0.15) is 0 Å². The molecule has 0 spiro atoms. The topological polar surface area (TPSA) is 36.4 Å². The van der Waals surface area contributed by atoms with Gasteiger partial charge in [-0.25, -0.2) is 4.98 Å². The van der Waals surface area contributed by atoms with Crippen LogP contribution in [0.1, 0.15) is 30.6 Å². The fourth-order valence-corrected chi connectivity index (χ4v) is 2.65. The Morgan fingerprint density at radius 2 is 2.21 bits per heavy atom. The lowest BCUT2D eigenvalue weighted by atomic mass is 10.2. The number of pyridine rings is 1. The summed E-state index contributed by atoms with van der Waals surface area (Å²) in [5.41, 5.74) is 0.460. The lowest BCUT2D eigenvalue weighted by Gasteiger charge is -2.26. The number of rotatable bonds is 4. The van der Waals surface area contributed by atoms with E-state index in [1.807, 2.05) is 4.90 Å². The quantitative estimate of drug-likeness (QED) is 0.779. The third-order valence-electron chi connectivity index (χ3n) is 3.75. The molecular weight excluding hydrogens is 245 g/mol. The van der Waals surface area contributed by atoms with Crippen molar-refractivity contribution in [2.45, 2.75) is 26.3 Å². The number of carbonyl (C=O) groups excluding carboxylic acids is 1. The van der Waals surface area contributed by atoms with Gasteiger partial charge >= 0.3 is 0 Å². The molecule has 1 atom stereocenters. The van der Waals surface area contributed by atoms with Crippen LogP contribution in [0.4, 0.5) is 4.39 Å². The molecule has 1 fully saturated rings. The normalized spacial score (nSPS) is 19.2. The Bertz CT molecular complexity index is 431. The highest BCUT2D eigenvalue weighted by molar-refractivity contribution is 5.94. The summed E-state index contributed by atoms with van der Waals surface area (Å²) in [4.78, 5) is 20.0. The zero-order valence-corrected chi connectivity index (χ0v) is 11.5. The standard InChI is InChI=1S/C14H20FN3O/c1-3-17(4-2)12-7-8-18(10-12)14(19)11-5-6-13(15)16-9-11/h5-6,9,12H,3-4,7-8,10H2,1-2H3. The van der Waals surface area contributed by atoms with Gasteiger partial charge in [-0.1, -0.05) is 13.8 Å². The summed E-state index contributed by atoms with van der Waals surface area (Å²) in [6.07, 6.45) is 2.31. The van der Waals surface area contributed by atoms with E-state index in [9.17, 15) is 9.18 Å². The maximum absolute atomic E-state index is 12.7. The summed E-state index contributed by atoms with van der Waals surface area (Å²) in [6.45, 7) is 7.79. The Morgan fingerprint density at radius 3 is 2.79 bits per heavy atom. The largest absolute Gasteiger partial charge is 0.337 e. The maximum Gasteiger partial charge on any atom is 0.255 e. The first-order valence-corrected chi connectivity index (χ1v) is 6.80. The van der Waals surface area contributed by atoms with E-state index in [2.05, 4.69) is 23.7 Å². The van der Waals surface area contributed by atoms with Crippen molar-refractivity contribution in [2.24, 2.45) is 0 Å². The number of hydrogen-bond acceptors (Lipinski definition) is 3. The van der Waals surface area contributed by atoms with Gasteiger partial charge in [0.05, 0.1) is 5.56 Å². The Kier molecular flexibility index (Phi) is 4.47. The monoisotopic (exact) mass is 265 g/mol. The van der Waals surface area contributed by atoms with E-state index in [0.29, 0.717) is 11.6 Å². The Balaban J connectivity index is 2.00. The molecule has 0 saturated carbocycles. The minimum atomic E-state index is -0.556. The molecule has 1 amide bonds. The molecule has 19 heavy (non-hydrogen) atoms. The molecule has 0 aromatic carbocycles. The van der Waals surface area contributed by atoms with Crippen molar-refractivity contribution in [1.82, 2.24) is 14.8 Å². The van der Waals surface area contributed by atoms with E-state index in [-0.39, 0.29) is 5.91 Å². The molecule has 0 N–H and O–H groups in total. The van der Waals surface area contributed by atoms with Crippen LogP contribution in [-0.2, 0) is 0 Å². The van der Waals surface area contributed by atoms with Crippen LogP contribution in [0.25, 0.3) is 0 Å². The number of likely N-dealkylation sites (N-methyl/N-ethyl adjacent to an activating group) is 1. The first kappa shape index (κ1) is 13.9. The molecule has 0 bridgehead atoms. The van der Waals surface area contributed by atoms with Gasteiger partial charge in [0.15, 0.2) is 0 Å². The second-order valence-electron chi connectivity index (χ2n) is 4.78. The van der Waals surface area contributed by atoms with Gasteiger partial charge in [-0.2, -0.15) is 4.39 Å². The Labute approximate surface area is 113 Å². The molecule has 4 nitrogen and oxygen atoms in total. The van der Waals surface area contributed by atoms with Gasteiger partial charge in [0.2, 0.25) is 5.95 Å². The fourth-order valence-electron chi connectivity index (χ4n) is 2.65. The molecule has 1 aromatic heterocycles. The van der Waals surface area contributed by atoms with Gasteiger partial charge < -0.3 is 4.90 Å². The van der Waals surface area contributed by atoms with Crippen molar-refractivity contribution in [1.29, 1.82) is 0 Å². The van der Waals surface area contributed by atoms with Gasteiger partial charge in [0.25, 0.3) is 5.91 Å². The highest BCUT2D eigenvalue weighted by Crippen LogP contribution is 2.17. The molecular formula is C14H20FN3O. The molecule has 0 radical (unpaired) electrons. The SMILES string of the molecule is CCN(CC)C1CCN(C(=O)c2ccc(F)nc2)C1. The molecule has 0 aliphatic carbocycles. The summed E-state index contributed by atoms with van der Waals surface area (Å²) in [6, 6.07) is 3.16. The number of amides is 1. The van der Waals surface area contributed by atoms with Crippen molar-refractivity contribution in [3.8, 4) is 0 Å². The number of aromatic nitrogens is 1. The molecule has 5 heteroatoms. The molecule has 2 rings (SSSR count). The van der Waals surface area contributed by atoms with Crippen LogP contribution in [0.5, 0.6) is 0 Å². The summed E-state index contributed by atoms with van der Waals surface area (Å²) in [7, 11) is 0. The number of nitrogens with zero attached hydrogens (tertiary/aromatic N) is 3. The highest BCUT2D eigenvalue weighted by atomic mass is 19.1. The number of halogens is 1. The number of carbonyl (C=O) groups is 1. The van der Waals surface area contributed by atoms with Crippen LogP contribution < -0.4 is 0 Å². The second kappa shape index (κ2) is 6.10. The van der Waals surface area contributed by atoms with Crippen molar-refractivity contribution in [3.05, 3.63) is 29.8 Å². The first-order valence-electron chi connectivity index (χ1n) is 6.80. The van der Waals surface area contributed by atoms with Crippen molar-refractivity contribution in [2.75, 3.05) is 26.2 Å². The lowest BCUT2D eigenvalue weighted by molar-refractivity contribution is 0.0777. The molecule has 1 aliphatic rings. The molecule has 1 aromatic rings. The third kappa shape index (κ3) is 3.10. The second-order valence-corrected chi connectivity index (χ2v) is 4.78. The van der Waals surface area contributed by atoms with Crippen molar-refractivity contribution < 1.29 is 9.18 Å². The van der Waals surface area contributed by atoms with Gasteiger partial charge in [-0.05, 0) is 31.6 Å². The van der Waals surface area contributed by atoms with Crippen LogP contribution in [0.15, 0.2) is 18.3 Å². The van der Waals surface area contributed by atoms with Crippen molar-refractivity contribution >= 4 is 5.91 Å². The van der Waals surface area contributed by atoms with Gasteiger partial charge in [-0.3, -0.25) is 9.69 Å². The zero-order chi connectivity index (χ0) is 13.8. The van der Waals surface area contributed by atoms with E-state index < -0.39 is 5.95 Å². The van der Waals surface area contributed by atoms with Crippen LogP contribution in [0.2, 0.25) is 0 Å². The summed E-state index contributed by atoms with van der Waals surface area (Å²) in [5.74, 6) is -0.610. The highest BCUT2D eigenvalue weighted by Gasteiger charge is 2.29. The van der Waals surface area contributed by atoms with Gasteiger partial charge in [-0.15, -0.1) is 0 Å². The summed E-state index contributed by atoms with van der Waals surface area (Å²) in [5, 5.41) is 0. The first-order chi connectivity index (χ1) is 9.15. The molecule has 1 aliphatic heterocycles. The third-order valence-corrected chi connectivity index (χ3v) is 3.75.